The molecule has 0 bridgehead atoms. The number of aromatic nitrogens is 4. The number of ether oxygens (including phenoxy) is 2. The van der Waals surface area contributed by atoms with Crippen molar-refractivity contribution in [2.45, 2.75) is 32.4 Å². The van der Waals surface area contributed by atoms with Gasteiger partial charge in [-0.1, -0.05) is 6.07 Å². The lowest BCUT2D eigenvalue weighted by molar-refractivity contribution is -0.686. The average Bonchev–Trinajstić information content (AvgIpc) is 3.34. The number of rotatable bonds is 7. The van der Waals surface area contributed by atoms with Crippen LogP contribution in [0.15, 0.2) is 34.1 Å². The second kappa shape index (κ2) is 8.93. The number of imidazole rings is 1. The van der Waals surface area contributed by atoms with Crippen LogP contribution < -0.4 is 38.4 Å². The molecule has 1 aromatic carbocycles. The number of fused-ring (bicyclic) bond motifs is 2. The van der Waals surface area contributed by atoms with E-state index in [1.165, 1.54) is 17.2 Å². The van der Waals surface area contributed by atoms with Crippen molar-refractivity contribution in [3.05, 3.63) is 50.9 Å². The van der Waals surface area contributed by atoms with Crippen molar-refractivity contribution in [1.82, 2.24) is 18.7 Å². The third-order valence-electron chi connectivity index (χ3n) is 5.38. The fourth-order valence-electron chi connectivity index (χ4n) is 3.75. The molecule has 30 heavy (non-hydrogen) atoms. The van der Waals surface area contributed by atoms with Crippen LogP contribution in [0.3, 0.4) is 0 Å². The lowest BCUT2D eigenvalue weighted by Crippen LogP contribution is -3.00. The molecular formula is C20H26ClN5O4. The zero-order valence-electron chi connectivity index (χ0n) is 17.3. The summed E-state index contributed by atoms with van der Waals surface area (Å²) in [6.07, 6.45) is 3.47. The highest BCUT2D eigenvalue weighted by Crippen LogP contribution is 2.32. The van der Waals surface area contributed by atoms with E-state index in [-0.39, 0.29) is 23.7 Å². The third kappa shape index (κ3) is 4.08. The largest absolute Gasteiger partial charge is 1.00 e. The number of benzene rings is 1. The van der Waals surface area contributed by atoms with Gasteiger partial charge in [0.25, 0.3) is 5.56 Å². The van der Waals surface area contributed by atoms with Gasteiger partial charge in [-0.05, 0) is 24.6 Å². The summed E-state index contributed by atoms with van der Waals surface area (Å²) in [6, 6.07) is 6.51. The lowest BCUT2D eigenvalue weighted by atomic mass is 10.1. The first kappa shape index (κ1) is 21.9. The molecule has 2 N–H and O–H groups in total. The highest BCUT2D eigenvalue weighted by Gasteiger charge is 2.16. The summed E-state index contributed by atoms with van der Waals surface area (Å²) in [5.74, 6) is 1.62. The van der Waals surface area contributed by atoms with Crippen LogP contribution in [0, 0.1) is 0 Å². The molecule has 4 rings (SSSR count). The van der Waals surface area contributed by atoms with Crippen LogP contribution in [0.2, 0.25) is 0 Å². The number of nitrogens with zero attached hydrogens (tertiary/aromatic N) is 4. The zero-order valence-corrected chi connectivity index (χ0v) is 18.1. The predicted molar refractivity (Wildman–Crippen MR) is 107 cm³/mol. The third-order valence-corrected chi connectivity index (χ3v) is 5.38. The summed E-state index contributed by atoms with van der Waals surface area (Å²) in [6.45, 7) is 4.10. The van der Waals surface area contributed by atoms with Crippen LogP contribution in [0.1, 0.15) is 18.9 Å². The number of hydrogen-bond acceptors (Lipinski definition) is 5. The molecule has 1 unspecified atom stereocenters. The van der Waals surface area contributed by atoms with E-state index in [2.05, 4.69) is 23.3 Å². The monoisotopic (exact) mass is 435 g/mol. The number of hydrogen-bond donors (Lipinski definition) is 1. The van der Waals surface area contributed by atoms with Crippen molar-refractivity contribution >= 4 is 11.2 Å². The standard InChI is InChI=1S/C20H25N5O4.ClH/c1-13(9-14-5-6-15-16(10-14)29-12-28-15)21-7-4-8-25-11-22-18-17(25)19(26)24(3)20(27)23(18)2;/h5-6,10-11,13,21H,4,7-9,12H2,1-3H3;1H. The molecule has 0 radical (unpaired) electrons. The lowest BCUT2D eigenvalue weighted by Gasteiger charge is -2.12. The Balaban J connectivity index is 0.00000256. The molecule has 1 aliphatic heterocycles. The van der Waals surface area contributed by atoms with Gasteiger partial charge >= 0.3 is 5.69 Å². The van der Waals surface area contributed by atoms with E-state index in [0.29, 0.717) is 30.5 Å². The smallest absolute Gasteiger partial charge is 0.332 e. The van der Waals surface area contributed by atoms with Crippen molar-refractivity contribution in [2.24, 2.45) is 14.1 Å². The Morgan fingerprint density at radius 3 is 2.73 bits per heavy atom. The number of nitrogens with two attached hydrogens (primary N) is 1. The number of aryl methyl sites for hydroxylation is 2. The number of halogens is 1. The topological polar surface area (TPSA) is 96.9 Å². The van der Waals surface area contributed by atoms with Gasteiger partial charge in [-0.15, -0.1) is 0 Å². The minimum absolute atomic E-state index is 0. The number of quaternary nitrogens is 1. The van der Waals surface area contributed by atoms with Crippen molar-refractivity contribution in [1.29, 1.82) is 0 Å². The van der Waals surface area contributed by atoms with Gasteiger partial charge in [0.1, 0.15) is 0 Å². The SMILES string of the molecule is CC(Cc1ccc2c(c1)OCO2)[NH2+]CCCn1cnc2c1c(=O)n(C)c(=O)n2C.[Cl-]. The van der Waals surface area contributed by atoms with Crippen LogP contribution in [-0.4, -0.2) is 38.1 Å². The maximum atomic E-state index is 12.5. The molecule has 9 nitrogen and oxygen atoms in total. The maximum absolute atomic E-state index is 12.5. The molecule has 1 atom stereocenters. The highest BCUT2D eigenvalue weighted by atomic mass is 35.5. The quantitative estimate of drug-likeness (QED) is 0.393. The van der Waals surface area contributed by atoms with E-state index < -0.39 is 0 Å². The minimum Gasteiger partial charge on any atom is -1.00 e. The van der Waals surface area contributed by atoms with Crippen molar-refractivity contribution < 1.29 is 27.2 Å². The molecule has 0 spiro atoms. The molecule has 3 heterocycles. The van der Waals surface area contributed by atoms with E-state index >= 15 is 0 Å². The minimum atomic E-state index is -0.363. The summed E-state index contributed by atoms with van der Waals surface area (Å²) < 4.78 is 15.2. The van der Waals surface area contributed by atoms with E-state index in [1.807, 2.05) is 16.7 Å². The Kier molecular flexibility index (Phi) is 6.52. The van der Waals surface area contributed by atoms with Gasteiger partial charge in [-0.2, -0.15) is 0 Å². The summed E-state index contributed by atoms with van der Waals surface area (Å²) >= 11 is 0. The van der Waals surface area contributed by atoms with Gasteiger partial charge in [0.05, 0.1) is 18.9 Å². The maximum Gasteiger partial charge on any atom is 0.332 e. The first-order valence-corrected chi connectivity index (χ1v) is 9.78. The fourth-order valence-corrected chi connectivity index (χ4v) is 3.75. The van der Waals surface area contributed by atoms with Crippen LogP contribution in [0.5, 0.6) is 11.5 Å². The summed E-state index contributed by atoms with van der Waals surface area (Å²) in [5.41, 5.74) is 1.46. The highest BCUT2D eigenvalue weighted by molar-refractivity contribution is 5.69. The van der Waals surface area contributed by atoms with Crippen molar-refractivity contribution in [3.8, 4) is 11.5 Å². The Hall–Kier alpha value is -2.78. The molecule has 3 aromatic rings. The van der Waals surface area contributed by atoms with Crippen molar-refractivity contribution in [3.63, 3.8) is 0 Å². The normalized spacial score (nSPS) is 13.4. The van der Waals surface area contributed by atoms with Crippen LogP contribution in [0.25, 0.3) is 11.2 Å². The molecule has 0 fully saturated rings. The van der Waals surface area contributed by atoms with Gasteiger partial charge in [0.2, 0.25) is 6.79 Å². The van der Waals surface area contributed by atoms with Gasteiger partial charge in [0.15, 0.2) is 22.7 Å². The Bertz CT molecular complexity index is 1170. The van der Waals surface area contributed by atoms with E-state index in [1.54, 1.807) is 13.4 Å². The van der Waals surface area contributed by atoms with Gasteiger partial charge in [-0.3, -0.25) is 13.9 Å². The van der Waals surface area contributed by atoms with Crippen LogP contribution in [-0.2, 0) is 27.1 Å². The summed E-state index contributed by atoms with van der Waals surface area (Å²) in [7, 11) is 3.13. The molecule has 2 aromatic heterocycles. The van der Waals surface area contributed by atoms with Gasteiger partial charge < -0.3 is 31.8 Å². The Labute approximate surface area is 179 Å². The van der Waals surface area contributed by atoms with Gasteiger partial charge in [-0.25, -0.2) is 9.78 Å². The molecule has 10 heteroatoms. The molecule has 0 aliphatic carbocycles. The molecule has 1 aliphatic rings. The van der Waals surface area contributed by atoms with Crippen LogP contribution >= 0.6 is 0 Å². The van der Waals surface area contributed by atoms with E-state index in [9.17, 15) is 9.59 Å². The van der Waals surface area contributed by atoms with Crippen LogP contribution in [0.4, 0.5) is 0 Å². The fraction of sp³-hybridized carbons (Fsp3) is 0.450. The molecule has 0 saturated carbocycles. The summed E-state index contributed by atoms with van der Waals surface area (Å²) in [4.78, 5) is 28.7. The average molecular weight is 436 g/mol. The molecule has 0 saturated heterocycles. The van der Waals surface area contributed by atoms with E-state index in [4.69, 9.17) is 9.47 Å². The first-order chi connectivity index (χ1) is 14.0. The van der Waals surface area contributed by atoms with E-state index in [0.717, 1.165) is 35.5 Å². The Morgan fingerprint density at radius 2 is 1.93 bits per heavy atom. The molecule has 0 amide bonds. The zero-order chi connectivity index (χ0) is 20.5. The van der Waals surface area contributed by atoms with Crippen molar-refractivity contribution in [2.75, 3.05) is 13.3 Å². The first-order valence-electron chi connectivity index (χ1n) is 9.78. The second-order valence-corrected chi connectivity index (χ2v) is 7.56. The summed E-state index contributed by atoms with van der Waals surface area (Å²) in [5, 5.41) is 2.30. The molecular weight excluding hydrogens is 410 g/mol. The molecule has 162 valence electrons. The Morgan fingerprint density at radius 1 is 1.17 bits per heavy atom. The van der Waals surface area contributed by atoms with Gasteiger partial charge in [0, 0.05) is 33.5 Å². The predicted octanol–water partition coefficient (Wildman–Crippen LogP) is -3.25. The second-order valence-electron chi connectivity index (χ2n) is 7.56.